The third-order valence-corrected chi connectivity index (χ3v) is 4.69. The molecule has 1 saturated heterocycles. The quantitative estimate of drug-likeness (QED) is 0.754. The number of rotatable bonds is 5. The molecule has 25 heavy (non-hydrogen) atoms. The van der Waals surface area contributed by atoms with E-state index in [-0.39, 0.29) is 5.69 Å². The summed E-state index contributed by atoms with van der Waals surface area (Å²) < 4.78 is 1.60. The summed E-state index contributed by atoms with van der Waals surface area (Å²) in [6.45, 7) is 3.17. The molecule has 2 heterocycles. The van der Waals surface area contributed by atoms with Gasteiger partial charge in [0.05, 0.1) is 5.69 Å². The van der Waals surface area contributed by atoms with Crippen LogP contribution in [0.2, 0.25) is 0 Å². The van der Waals surface area contributed by atoms with Gasteiger partial charge in [-0.2, -0.15) is 0 Å². The summed E-state index contributed by atoms with van der Waals surface area (Å²) in [7, 11) is 0. The standard InChI is InChI=1S/C20H22N4O/c25-20-21-11-13-24(20)19-8-6-17(7-9-19)22-18-10-12-23(15-18)14-16-4-2-1-3-5-16/h1-9,11,13,18,22H,10,12,14-15H2,(H,21,25). The van der Waals surface area contributed by atoms with Gasteiger partial charge < -0.3 is 10.3 Å². The lowest BCUT2D eigenvalue weighted by atomic mass is 10.2. The lowest BCUT2D eigenvalue weighted by Gasteiger charge is -2.17. The number of H-pyrrole nitrogens is 1. The van der Waals surface area contributed by atoms with Crippen LogP contribution < -0.4 is 11.0 Å². The summed E-state index contributed by atoms with van der Waals surface area (Å²) in [5, 5.41) is 3.61. The number of nitrogens with zero attached hydrogens (tertiary/aromatic N) is 2. The molecule has 0 spiro atoms. The van der Waals surface area contributed by atoms with Crippen LogP contribution in [0.4, 0.5) is 5.69 Å². The van der Waals surface area contributed by atoms with E-state index in [2.05, 4.69) is 45.5 Å². The molecule has 1 atom stereocenters. The smallest absolute Gasteiger partial charge is 0.330 e. The molecule has 0 bridgehead atoms. The van der Waals surface area contributed by atoms with Gasteiger partial charge in [-0.3, -0.25) is 9.47 Å². The normalized spacial score (nSPS) is 17.7. The fourth-order valence-corrected chi connectivity index (χ4v) is 3.41. The van der Waals surface area contributed by atoms with E-state index >= 15 is 0 Å². The number of imidazole rings is 1. The Kier molecular flexibility index (Phi) is 4.39. The molecule has 1 unspecified atom stereocenters. The van der Waals surface area contributed by atoms with Gasteiger partial charge in [0.25, 0.3) is 0 Å². The first-order valence-corrected chi connectivity index (χ1v) is 8.67. The zero-order valence-electron chi connectivity index (χ0n) is 14.1. The first-order valence-electron chi connectivity index (χ1n) is 8.67. The number of nitrogens with one attached hydrogen (secondary N) is 2. The van der Waals surface area contributed by atoms with E-state index in [0.29, 0.717) is 6.04 Å². The highest BCUT2D eigenvalue weighted by Gasteiger charge is 2.22. The van der Waals surface area contributed by atoms with Crippen molar-refractivity contribution in [3.63, 3.8) is 0 Å². The number of anilines is 1. The van der Waals surface area contributed by atoms with E-state index in [1.54, 1.807) is 17.0 Å². The summed E-state index contributed by atoms with van der Waals surface area (Å²) in [4.78, 5) is 16.8. The molecular weight excluding hydrogens is 312 g/mol. The molecule has 5 heteroatoms. The van der Waals surface area contributed by atoms with Crippen molar-refractivity contribution in [1.82, 2.24) is 14.5 Å². The Hall–Kier alpha value is -2.79. The highest BCUT2D eigenvalue weighted by molar-refractivity contribution is 5.49. The van der Waals surface area contributed by atoms with Crippen LogP contribution in [0, 0.1) is 0 Å². The van der Waals surface area contributed by atoms with Gasteiger partial charge in [-0.1, -0.05) is 30.3 Å². The van der Waals surface area contributed by atoms with Crippen molar-refractivity contribution in [2.45, 2.75) is 19.0 Å². The third-order valence-electron chi connectivity index (χ3n) is 4.69. The van der Waals surface area contributed by atoms with Gasteiger partial charge in [-0.05, 0) is 36.2 Å². The maximum atomic E-state index is 11.7. The van der Waals surface area contributed by atoms with Crippen LogP contribution in [0.25, 0.3) is 5.69 Å². The minimum absolute atomic E-state index is 0.118. The van der Waals surface area contributed by atoms with Crippen LogP contribution in [0.15, 0.2) is 71.8 Å². The van der Waals surface area contributed by atoms with Gasteiger partial charge in [-0.25, -0.2) is 4.79 Å². The monoisotopic (exact) mass is 334 g/mol. The summed E-state index contributed by atoms with van der Waals surface area (Å²) in [5.74, 6) is 0. The van der Waals surface area contributed by atoms with E-state index in [1.165, 1.54) is 5.56 Å². The molecule has 0 saturated carbocycles. The minimum Gasteiger partial charge on any atom is -0.381 e. The molecule has 2 N–H and O–H groups in total. The fourth-order valence-electron chi connectivity index (χ4n) is 3.41. The Bertz CT molecular complexity index is 866. The third kappa shape index (κ3) is 3.67. The van der Waals surface area contributed by atoms with Crippen molar-refractivity contribution in [1.29, 1.82) is 0 Å². The van der Waals surface area contributed by atoms with Crippen molar-refractivity contribution in [2.75, 3.05) is 18.4 Å². The highest BCUT2D eigenvalue weighted by atomic mass is 16.1. The second-order valence-electron chi connectivity index (χ2n) is 6.53. The molecule has 1 aliphatic heterocycles. The van der Waals surface area contributed by atoms with E-state index in [4.69, 9.17) is 0 Å². The number of aromatic amines is 1. The van der Waals surface area contributed by atoms with E-state index < -0.39 is 0 Å². The topological polar surface area (TPSA) is 53.1 Å². The van der Waals surface area contributed by atoms with Gasteiger partial charge in [0.15, 0.2) is 0 Å². The highest BCUT2D eigenvalue weighted by Crippen LogP contribution is 2.19. The van der Waals surface area contributed by atoms with E-state index in [0.717, 1.165) is 37.4 Å². The van der Waals surface area contributed by atoms with Crippen molar-refractivity contribution in [2.24, 2.45) is 0 Å². The summed E-state index contributed by atoms with van der Waals surface area (Å²) >= 11 is 0. The van der Waals surface area contributed by atoms with Gasteiger partial charge in [0, 0.05) is 43.8 Å². The molecule has 1 fully saturated rings. The van der Waals surface area contributed by atoms with Crippen LogP contribution in [0.1, 0.15) is 12.0 Å². The Labute approximate surface area is 146 Å². The molecule has 3 aromatic rings. The van der Waals surface area contributed by atoms with Gasteiger partial charge in [-0.15, -0.1) is 0 Å². The zero-order chi connectivity index (χ0) is 17.1. The van der Waals surface area contributed by atoms with Crippen molar-refractivity contribution >= 4 is 5.69 Å². The Balaban J connectivity index is 1.35. The largest absolute Gasteiger partial charge is 0.381 e. The Morgan fingerprint density at radius 3 is 2.60 bits per heavy atom. The van der Waals surface area contributed by atoms with Gasteiger partial charge in [0.2, 0.25) is 0 Å². The molecule has 0 amide bonds. The van der Waals surface area contributed by atoms with Crippen LogP contribution in [0.5, 0.6) is 0 Å². The lowest BCUT2D eigenvalue weighted by molar-refractivity contribution is 0.328. The number of hydrogen-bond donors (Lipinski definition) is 2. The molecule has 5 nitrogen and oxygen atoms in total. The second kappa shape index (κ2) is 6.99. The van der Waals surface area contributed by atoms with Gasteiger partial charge in [0.1, 0.15) is 0 Å². The summed E-state index contributed by atoms with van der Waals surface area (Å²) in [5.41, 5.74) is 3.21. The average Bonchev–Trinajstić information content (AvgIpc) is 3.26. The van der Waals surface area contributed by atoms with Crippen molar-refractivity contribution in [3.05, 3.63) is 83.0 Å². The van der Waals surface area contributed by atoms with E-state index in [9.17, 15) is 4.79 Å². The first kappa shape index (κ1) is 15.7. The lowest BCUT2D eigenvalue weighted by Crippen LogP contribution is -2.26. The molecule has 0 aliphatic carbocycles. The van der Waals surface area contributed by atoms with E-state index in [1.807, 2.05) is 24.3 Å². The number of likely N-dealkylation sites (tertiary alicyclic amines) is 1. The number of hydrogen-bond acceptors (Lipinski definition) is 3. The number of benzene rings is 2. The maximum absolute atomic E-state index is 11.7. The van der Waals surface area contributed by atoms with Crippen molar-refractivity contribution < 1.29 is 0 Å². The van der Waals surface area contributed by atoms with Crippen molar-refractivity contribution in [3.8, 4) is 5.69 Å². The van der Waals surface area contributed by atoms with Crippen LogP contribution in [-0.4, -0.2) is 33.6 Å². The van der Waals surface area contributed by atoms with Crippen LogP contribution in [-0.2, 0) is 6.54 Å². The molecule has 128 valence electrons. The second-order valence-corrected chi connectivity index (χ2v) is 6.53. The molecular formula is C20H22N4O. The SMILES string of the molecule is O=c1[nH]ccn1-c1ccc(NC2CCN(Cc3ccccc3)C2)cc1. The number of aromatic nitrogens is 2. The first-order chi connectivity index (χ1) is 12.3. The fraction of sp³-hybridized carbons (Fsp3) is 0.250. The minimum atomic E-state index is -0.118. The predicted octanol–water partition coefficient (Wildman–Crippen LogP) is 2.85. The summed E-state index contributed by atoms with van der Waals surface area (Å²) in [6, 6.07) is 19.1. The Morgan fingerprint density at radius 2 is 1.88 bits per heavy atom. The van der Waals surface area contributed by atoms with Crippen LogP contribution >= 0.6 is 0 Å². The molecule has 2 aromatic carbocycles. The maximum Gasteiger partial charge on any atom is 0.330 e. The summed E-state index contributed by atoms with van der Waals surface area (Å²) in [6.07, 6.45) is 4.53. The molecule has 1 aromatic heterocycles. The van der Waals surface area contributed by atoms with Crippen LogP contribution in [0.3, 0.4) is 0 Å². The zero-order valence-corrected chi connectivity index (χ0v) is 14.1. The molecule has 1 aliphatic rings. The predicted molar refractivity (Wildman–Crippen MR) is 100 cm³/mol. The average molecular weight is 334 g/mol. The van der Waals surface area contributed by atoms with Gasteiger partial charge >= 0.3 is 5.69 Å². The molecule has 0 radical (unpaired) electrons. The Morgan fingerprint density at radius 1 is 1.08 bits per heavy atom. The molecule has 4 rings (SSSR count).